The van der Waals surface area contributed by atoms with Crippen LogP contribution in [0.3, 0.4) is 0 Å². The summed E-state index contributed by atoms with van der Waals surface area (Å²) in [6.07, 6.45) is 2.76. The maximum atomic E-state index is 11.9. The van der Waals surface area contributed by atoms with Crippen molar-refractivity contribution in [1.82, 2.24) is 9.88 Å². The zero-order valence-electron chi connectivity index (χ0n) is 9.73. The molecule has 0 radical (unpaired) electrons. The highest BCUT2D eigenvalue weighted by Gasteiger charge is 2.19. The van der Waals surface area contributed by atoms with E-state index in [1.165, 1.54) is 30.5 Å². The summed E-state index contributed by atoms with van der Waals surface area (Å²) >= 11 is 0. The molecule has 0 spiro atoms. The van der Waals surface area contributed by atoms with E-state index in [2.05, 4.69) is 9.72 Å². The second kappa shape index (κ2) is 5.83. The van der Waals surface area contributed by atoms with Crippen molar-refractivity contribution in [3.05, 3.63) is 34.2 Å². The van der Waals surface area contributed by atoms with Gasteiger partial charge in [-0.1, -0.05) is 0 Å². The molecule has 0 fully saturated rings. The van der Waals surface area contributed by atoms with Crippen LogP contribution in [-0.4, -0.2) is 42.0 Å². The summed E-state index contributed by atoms with van der Waals surface area (Å²) in [5, 5.41) is 0. The minimum Gasteiger partial charge on any atom is -0.468 e. The number of hydrogen-bond acceptors (Lipinski definition) is 4. The molecule has 1 heterocycles. The van der Waals surface area contributed by atoms with E-state index in [9.17, 15) is 14.4 Å². The Labute approximate surface area is 98.2 Å². The highest BCUT2D eigenvalue weighted by Crippen LogP contribution is 1.99. The monoisotopic (exact) mass is 238 g/mol. The van der Waals surface area contributed by atoms with Crippen molar-refractivity contribution in [3.63, 3.8) is 0 Å². The van der Waals surface area contributed by atoms with Gasteiger partial charge < -0.3 is 14.6 Å². The van der Waals surface area contributed by atoms with Crippen LogP contribution in [0.2, 0.25) is 0 Å². The van der Waals surface area contributed by atoms with Gasteiger partial charge in [0.2, 0.25) is 0 Å². The van der Waals surface area contributed by atoms with Gasteiger partial charge in [0.1, 0.15) is 12.1 Å². The van der Waals surface area contributed by atoms with Crippen molar-refractivity contribution in [1.29, 1.82) is 0 Å². The molecule has 92 valence electrons. The van der Waals surface area contributed by atoms with Crippen LogP contribution >= 0.6 is 0 Å². The van der Waals surface area contributed by atoms with Gasteiger partial charge in [0, 0.05) is 25.0 Å². The molecule has 17 heavy (non-hydrogen) atoms. The maximum Gasteiger partial charge on any atom is 0.325 e. The predicted octanol–water partition coefficient (Wildman–Crippen LogP) is 0.01000. The van der Waals surface area contributed by atoms with E-state index >= 15 is 0 Å². The summed E-state index contributed by atoms with van der Waals surface area (Å²) in [7, 11) is 1.25. The molecule has 6 nitrogen and oxygen atoms in total. The number of esters is 1. The number of rotatable bonds is 4. The average Bonchev–Trinajstić information content (AvgIpc) is 2.35. The number of aromatic nitrogens is 1. The Balaban J connectivity index is 2.91. The average molecular weight is 238 g/mol. The molecular formula is C11H14N2O4. The van der Waals surface area contributed by atoms with Crippen LogP contribution in [0.25, 0.3) is 0 Å². The lowest BCUT2D eigenvalue weighted by atomic mass is 10.2. The minimum atomic E-state index is -0.521. The van der Waals surface area contributed by atoms with Gasteiger partial charge in [-0.05, 0) is 6.92 Å². The van der Waals surface area contributed by atoms with Crippen molar-refractivity contribution < 1.29 is 14.3 Å². The van der Waals surface area contributed by atoms with E-state index in [0.717, 1.165) is 0 Å². The molecule has 0 aliphatic carbocycles. The number of carbonyl (C=O) groups is 2. The van der Waals surface area contributed by atoms with Gasteiger partial charge in [-0.3, -0.25) is 14.4 Å². The zero-order chi connectivity index (χ0) is 12.8. The number of hydrogen-bond donors (Lipinski definition) is 1. The summed E-state index contributed by atoms with van der Waals surface area (Å²) in [6.45, 7) is 1.88. The Morgan fingerprint density at radius 1 is 1.47 bits per heavy atom. The fourth-order valence-corrected chi connectivity index (χ4v) is 1.30. The molecule has 0 aliphatic rings. The second-order valence-corrected chi connectivity index (χ2v) is 3.32. The van der Waals surface area contributed by atoms with E-state index in [0.29, 0.717) is 6.54 Å². The fourth-order valence-electron chi connectivity index (χ4n) is 1.30. The first-order valence-electron chi connectivity index (χ1n) is 5.13. The quantitative estimate of drug-likeness (QED) is 0.749. The maximum absolute atomic E-state index is 11.9. The largest absolute Gasteiger partial charge is 0.468 e. The van der Waals surface area contributed by atoms with Crippen molar-refractivity contribution >= 4 is 11.9 Å². The summed E-state index contributed by atoms with van der Waals surface area (Å²) in [6, 6.07) is 1.26. The van der Waals surface area contributed by atoms with Gasteiger partial charge >= 0.3 is 5.97 Å². The van der Waals surface area contributed by atoms with E-state index in [1.807, 2.05) is 0 Å². The predicted molar refractivity (Wildman–Crippen MR) is 60.7 cm³/mol. The molecule has 1 amide bonds. The molecule has 0 aliphatic heterocycles. The highest BCUT2D eigenvalue weighted by atomic mass is 16.5. The number of aromatic amines is 1. The molecule has 1 rings (SSSR count). The summed E-state index contributed by atoms with van der Waals surface area (Å²) in [5.74, 6) is -1.01. The Kier molecular flexibility index (Phi) is 4.45. The van der Waals surface area contributed by atoms with E-state index in [1.54, 1.807) is 6.92 Å². The van der Waals surface area contributed by atoms with E-state index in [-0.39, 0.29) is 17.5 Å². The normalized spacial score (nSPS) is 9.76. The Bertz CT molecular complexity index is 467. The second-order valence-electron chi connectivity index (χ2n) is 3.32. The Hall–Kier alpha value is -2.11. The highest BCUT2D eigenvalue weighted by molar-refractivity contribution is 5.95. The van der Waals surface area contributed by atoms with Gasteiger partial charge in [-0.25, -0.2) is 0 Å². The lowest BCUT2D eigenvalue weighted by Gasteiger charge is -2.18. The molecule has 0 atom stereocenters. The van der Waals surface area contributed by atoms with Crippen LogP contribution in [-0.2, 0) is 9.53 Å². The van der Waals surface area contributed by atoms with Gasteiger partial charge in [0.05, 0.1) is 7.11 Å². The zero-order valence-corrected chi connectivity index (χ0v) is 9.73. The van der Waals surface area contributed by atoms with Gasteiger partial charge in [-0.15, -0.1) is 0 Å². The molecule has 0 aromatic carbocycles. The number of methoxy groups -OCH3 is 1. The lowest BCUT2D eigenvalue weighted by molar-refractivity contribution is -0.141. The fraction of sp³-hybridized carbons (Fsp3) is 0.364. The molecular weight excluding hydrogens is 224 g/mol. The lowest BCUT2D eigenvalue weighted by Crippen LogP contribution is -2.38. The number of nitrogens with one attached hydrogen (secondary N) is 1. The van der Waals surface area contributed by atoms with Crippen molar-refractivity contribution in [2.24, 2.45) is 0 Å². The number of nitrogens with zero attached hydrogens (tertiary/aromatic N) is 1. The third-order valence-electron chi connectivity index (χ3n) is 2.27. The Morgan fingerprint density at radius 2 is 2.18 bits per heavy atom. The number of likely N-dealkylation sites (N-methyl/N-ethyl adjacent to an activating group) is 1. The summed E-state index contributed by atoms with van der Waals surface area (Å²) < 4.78 is 4.48. The van der Waals surface area contributed by atoms with E-state index < -0.39 is 11.9 Å². The van der Waals surface area contributed by atoms with Gasteiger partial charge in [0.15, 0.2) is 5.43 Å². The molecule has 1 aromatic heterocycles. The van der Waals surface area contributed by atoms with Gasteiger partial charge in [-0.2, -0.15) is 0 Å². The van der Waals surface area contributed by atoms with Crippen molar-refractivity contribution in [3.8, 4) is 0 Å². The smallest absolute Gasteiger partial charge is 0.325 e. The number of pyridine rings is 1. The van der Waals surface area contributed by atoms with Crippen molar-refractivity contribution in [2.45, 2.75) is 6.92 Å². The van der Waals surface area contributed by atoms with Gasteiger partial charge in [0.25, 0.3) is 5.91 Å². The van der Waals surface area contributed by atoms with Crippen LogP contribution in [0.1, 0.15) is 17.3 Å². The minimum absolute atomic E-state index is 0.0123. The molecule has 0 saturated heterocycles. The molecule has 6 heteroatoms. The molecule has 0 unspecified atom stereocenters. The molecule has 0 saturated carbocycles. The van der Waals surface area contributed by atoms with E-state index in [4.69, 9.17) is 0 Å². The van der Waals surface area contributed by atoms with Crippen molar-refractivity contribution in [2.75, 3.05) is 20.2 Å². The first-order chi connectivity index (χ1) is 8.10. The Morgan fingerprint density at radius 3 is 2.71 bits per heavy atom. The molecule has 1 N–H and O–H groups in total. The number of carbonyl (C=O) groups excluding carboxylic acids is 2. The topological polar surface area (TPSA) is 79.5 Å². The number of H-pyrrole nitrogens is 1. The van der Waals surface area contributed by atoms with Crippen LogP contribution in [0.4, 0.5) is 0 Å². The molecule has 1 aromatic rings. The number of amides is 1. The van der Waals surface area contributed by atoms with Crippen LogP contribution in [0.15, 0.2) is 23.3 Å². The summed E-state index contributed by atoms with van der Waals surface area (Å²) in [5.41, 5.74) is -0.365. The molecule has 0 bridgehead atoms. The SMILES string of the molecule is CCN(CC(=O)OC)C(=O)c1c[nH]ccc1=O. The first kappa shape index (κ1) is 13.0. The van der Waals surface area contributed by atoms with Crippen LogP contribution in [0, 0.1) is 0 Å². The standard InChI is InChI=1S/C11H14N2O4/c1-3-13(7-10(15)17-2)11(16)8-6-12-5-4-9(8)14/h4-6H,3,7H2,1-2H3,(H,12,14). The third kappa shape index (κ3) is 3.17. The third-order valence-corrected chi connectivity index (χ3v) is 2.27. The van der Waals surface area contributed by atoms with Crippen LogP contribution < -0.4 is 5.43 Å². The summed E-state index contributed by atoms with van der Waals surface area (Å²) in [4.78, 5) is 38.4. The first-order valence-corrected chi connectivity index (χ1v) is 5.13. The number of ether oxygens (including phenoxy) is 1. The van der Waals surface area contributed by atoms with Crippen LogP contribution in [0.5, 0.6) is 0 Å².